The minimum absolute atomic E-state index is 0.0605. The number of fused-ring (bicyclic) bond motifs is 1. The number of hydrogen-bond donors (Lipinski definition) is 1. The molecule has 1 aromatic heterocycles. The number of anilines is 1. The molecule has 7 nitrogen and oxygen atoms in total. The number of aromatic nitrogens is 1. The largest absolute Gasteiger partial charge is 0.352 e. The third-order valence-electron chi connectivity index (χ3n) is 4.50. The smallest absolute Gasteiger partial charge is 0.223 e. The standard InChI is InChI=1S/C19H21N3O4S/c1-14(23)22-9-6-16-11-17(4-5-18(16)22)27(25,26)10-7-19(24)21-13-15-3-2-8-20-12-15/h2-5,8,11-12H,6-7,9-10,13H2,1H3,(H,21,24). The van der Waals surface area contributed by atoms with Crippen molar-refractivity contribution < 1.29 is 18.0 Å². The van der Waals surface area contributed by atoms with E-state index in [1.807, 2.05) is 6.07 Å². The van der Waals surface area contributed by atoms with Gasteiger partial charge < -0.3 is 10.2 Å². The molecule has 0 radical (unpaired) electrons. The molecule has 1 aliphatic rings. The van der Waals surface area contributed by atoms with Crippen LogP contribution in [0.15, 0.2) is 47.6 Å². The number of rotatable bonds is 6. The maximum atomic E-state index is 12.6. The van der Waals surface area contributed by atoms with Crippen molar-refractivity contribution in [1.82, 2.24) is 10.3 Å². The van der Waals surface area contributed by atoms with Gasteiger partial charge in [0.25, 0.3) is 0 Å². The van der Waals surface area contributed by atoms with Crippen molar-refractivity contribution in [2.75, 3.05) is 17.2 Å². The molecule has 0 saturated heterocycles. The molecule has 8 heteroatoms. The van der Waals surface area contributed by atoms with Gasteiger partial charge in [0.15, 0.2) is 9.84 Å². The lowest BCUT2D eigenvalue weighted by Crippen LogP contribution is -2.26. The van der Waals surface area contributed by atoms with E-state index in [4.69, 9.17) is 0 Å². The van der Waals surface area contributed by atoms with E-state index in [1.54, 1.807) is 35.5 Å². The van der Waals surface area contributed by atoms with E-state index in [1.165, 1.54) is 13.0 Å². The van der Waals surface area contributed by atoms with Gasteiger partial charge in [0.2, 0.25) is 11.8 Å². The second kappa shape index (κ2) is 7.87. The Kier molecular flexibility index (Phi) is 5.55. The van der Waals surface area contributed by atoms with Crippen LogP contribution in [0.2, 0.25) is 0 Å². The highest BCUT2D eigenvalue weighted by atomic mass is 32.2. The van der Waals surface area contributed by atoms with Gasteiger partial charge in [0.05, 0.1) is 10.6 Å². The third-order valence-corrected chi connectivity index (χ3v) is 6.21. The number of hydrogen-bond acceptors (Lipinski definition) is 5. The second-order valence-electron chi connectivity index (χ2n) is 6.42. The summed E-state index contributed by atoms with van der Waals surface area (Å²) in [5.74, 6) is -0.651. The second-order valence-corrected chi connectivity index (χ2v) is 8.53. The van der Waals surface area contributed by atoms with Crippen molar-refractivity contribution in [3.63, 3.8) is 0 Å². The molecule has 0 unspecified atom stereocenters. The average Bonchev–Trinajstić information content (AvgIpc) is 3.09. The van der Waals surface area contributed by atoms with Gasteiger partial charge in [0.1, 0.15) is 0 Å². The zero-order valence-electron chi connectivity index (χ0n) is 15.0. The Labute approximate surface area is 158 Å². The quantitative estimate of drug-likeness (QED) is 0.810. The van der Waals surface area contributed by atoms with E-state index < -0.39 is 9.84 Å². The molecule has 27 heavy (non-hydrogen) atoms. The summed E-state index contributed by atoms with van der Waals surface area (Å²) in [7, 11) is -3.57. The van der Waals surface area contributed by atoms with Crippen molar-refractivity contribution in [1.29, 1.82) is 0 Å². The Morgan fingerprint density at radius 3 is 2.78 bits per heavy atom. The highest BCUT2D eigenvalue weighted by Gasteiger charge is 2.25. The Morgan fingerprint density at radius 1 is 1.26 bits per heavy atom. The van der Waals surface area contributed by atoms with Crippen LogP contribution in [0.3, 0.4) is 0 Å². The van der Waals surface area contributed by atoms with Crippen LogP contribution in [0.4, 0.5) is 5.69 Å². The lowest BCUT2D eigenvalue weighted by molar-refractivity contribution is -0.121. The van der Waals surface area contributed by atoms with Crippen molar-refractivity contribution in [2.24, 2.45) is 0 Å². The lowest BCUT2D eigenvalue weighted by atomic mass is 10.2. The molecular formula is C19H21N3O4S. The number of sulfone groups is 1. The number of carbonyl (C=O) groups is 2. The van der Waals surface area contributed by atoms with Crippen LogP contribution in [0.25, 0.3) is 0 Å². The number of nitrogens with one attached hydrogen (secondary N) is 1. The first-order valence-corrected chi connectivity index (χ1v) is 10.3. The predicted molar refractivity (Wildman–Crippen MR) is 101 cm³/mol. The first-order chi connectivity index (χ1) is 12.9. The summed E-state index contributed by atoms with van der Waals surface area (Å²) in [4.78, 5) is 29.3. The summed E-state index contributed by atoms with van der Waals surface area (Å²) in [6.07, 6.45) is 3.80. The van der Waals surface area contributed by atoms with Crippen LogP contribution in [-0.2, 0) is 32.4 Å². The Balaban J connectivity index is 1.60. The van der Waals surface area contributed by atoms with E-state index in [0.29, 0.717) is 19.5 Å². The SMILES string of the molecule is CC(=O)N1CCc2cc(S(=O)(=O)CCC(=O)NCc3cccnc3)ccc21. The van der Waals surface area contributed by atoms with Gasteiger partial charge in [0, 0.05) is 44.5 Å². The lowest BCUT2D eigenvalue weighted by Gasteiger charge is -2.15. The molecule has 0 aliphatic carbocycles. The van der Waals surface area contributed by atoms with E-state index >= 15 is 0 Å². The molecule has 0 fully saturated rings. The summed E-state index contributed by atoms with van der Waals surface area (Å²) >= 11 is 0. The van der Waals surface area contributed by atoms with E-state index in [9.17, 15) is 18.0 Å². The number of amides is 2. The highest BCUT2D eigenvalue weighted by Crippen LogP contribution is 2.30. The van der Waals surface area contributed by atoms with Gasteiger partial charge in [-0.05, 0) is 41.8 Å². The van der Waals surface area contributed by atoms with Gasteiger partial charge in [-0.2, -0.15) is 0 Å². The maximum absolute atomic E-state index is 12.6. The molecule has 1 aromatic carbocycles. The van der Waals surface area contributed by atoms with Gasteiger partial charge >= 0.3 is 0 Å². The molecule has 0 atom stereocenters. The summed E-state index contributed by atoms with van der Waals surface area (Å²) in [6.45, 7) is 2.36. The zero-order valence-corrected chi connectivity index (χ0v) is 15.8. The van der Waals surface area contributed by atoms with E-state index in [0.717, 1.165) is 16.8 Å². The average molecular weight is 387 g/mol. The molecule has 0 bridgehead atoms. The predicted octanol–water partition coefficient (Wildman–Crippen LogP) is 1.47. The number of benzene rings is 1. The monoisotopic (exact) mass is 387 g/mol. The van der Waals surface area contributed by atoms with E-state index in [-0.39, 0.29) is 28.9 Å². The Hall–Kier alpha value is -2.74. The van der Waals surface area contributed by atoms with Crippen molar-refractivity contribution >= 4 is 27.3 Å². The molecular weight excluding hydrogens is 366 g/mol. The van der Waals surface area contributed by atoms with E-state index in [2.05, 4.69) is 10.3 Å². The van der Waals surface area contributed by atoms with Crippen LogP contribution >= 0.6 is 0 Å². The highest BCUT2D eigenvalue weighted by molar-refractivity contribution is 7.91. The van der Waals surface area contributed by atoms with Gasteiger partial charge in [-0.25, -0.2) is 8.42 Å². The zero-order chi connectivity index (χ0) is 19.4. The topological polar surface area (TPSA) is 96.4 Å². The van der Waals surface area contributed by atoms with Crippen molar-refractivity contribution in [2.45, 2.75) is 31.2 Å². The van der Waals surface area contributed by atoms with Gasteiger partial charge in [-0.3, -0.25) is 14.6 Å². The van der Waals surface area contributed by atoms with Gasteiger partial charge in [-0.1, -0.05) is 6.07 Å². The summed E-state index contributed by atoms with van der Waals surface area (Å²) < 4.78 is 25.1. The molecule has 2 amide bonds. The van der Waals surface area contributed by atoms with Crippen LogP contribution in [0, 0.1) is 0 Å². The van der Waals surface area contributed by atoms with Crippen LogP contribution in [-0.4, -0.2) is 37.5 Å². The fourth-order valence-electron chi connectivity index (χ4n) is 3.04. The molecule has 0 spiro atoms. The van der Waals surface area contributed by atoms with Crippen LogP contribution in [0.1, 0.15) is 24.5 Å². The number of nitrogens with zero attached hydrogens (tertiary/aromatic N) is 2. The molecule has 2 aromatic rings. The molecule has 1 N–H and O–H groups in total. The first kappa shape index (κ1) is 19.0. The normalized spacial score (nSPS) is 13.3. The molecule has 1 aliphatic heterocycles. The Morgan fingerprint density at radius 2 is 2.07 bits per heavy atom. The van der Waals surface area contributed by atoms with Crippen LogP contribution in [0.5, 0.6) is 0 Å². The van der Waals surface area contributed by atoms with Crippen LogP contribution < -0.4 is 10.2 Å². The van der Waals surface area contributed by atoms with Crippen molar-refractivity contribution in [3.8, 4) is 0 Å². The van der Waals surface area contributed by atoms with Crippen molar-refractivity contribution in [3.05, 3.63) is 53.9 Å². The fraction of sp³-hybridized carbons (Fsp3) is 0.316. The summed E-state index contributed by atoms with van der Waals surface area (Å²) in [6, 6.07) is 8.38. The summed E-state index contributed by atoms with van der Waals surface area (Å²) in [5, 5.41) is 2.70. The minimum atomic E-state index is -3.57. The number of pyridine rings is 1. The maximum Gasteiger partial charge on any atom is 0.223 e. The molecule has 3 rings (SSSR count). The summed E-state index contributed by atoms with van der Waals surface area (Å²) in [5.41, 5.74) is 2.45. The molecule has 142 valence electrons. The van der Waals surface area contributed by atoms with Gasteiger partial charge in [-0.15, -0.1) is 0 Å². The minimum Gasteiger partial charge on any atom is -0.352 e. The third kappa shape index (κ3) is 4.51. The molecule has 2 heterocycles. The number of carbonyl (C=O) groups excluding carboxylic acids is 2. The molecule has 0 saturated carbocycles. The Bertz CT molecular complexity index is 958. The first-order valence-electron chi connectivity index (χ1n) is 8.66. The fourth-order valence-corrected chi connectivity index (χ4v) is 4.32.